The van der Waals surface area contributed by atoms with Gasteiger partial charge in [-0.15, -0.1) is 0 Å². The smallest absolute Gasteiger partial charge is 0.138 e. The Morgan fingerprint density at radius 3 is 3.13 bits per heavy atom. The lowest BCUT2D eigenvalue weighted by molar-refractivity contribution is 0.415. The third kappa shape index (κ3) is 1.16. The van der Waals surface area contributed by atoms with Gasteiger partial charge in [0, 0.05) is 22.5 Å². The van der Waals surface area contributed by atoms with Crippen LogP contribution in [0.25, 0.3) is 21.9 Å². The summed E-state index contributed by atoms with van der Waals surface area (Å²) in [5.74, 6) is 0.823. The Bertz CT molecular complexity index is 675. The molecule has 2 aromatic heterocycles. The van der Waals surface area contributed by atoms with Crippen LogP contribution in [0.4, 0.5) is 0 Å². The normalized spacial score (nSPS) is 11.9. The van der Waals surface area contributed by atoms with E-state index in [9.17, 15) is 0 Å². The molecule has 0 aliphatic heterocycles. The number of aromatic amines is 1. The molecule has 0 saturated heterocycles. The number of nitrogens with zero attached hydrogens (tertiary/aromatic N) is 1. The summed E-state index contributed by atoms with van der Waals surface area (Å²) >= 11 is 0. The van der Waals surface area contributed by atoms with Gasteiger partial charge in [0.25, 0.3) is 0 Å². The van der Waals surface area contributed by atoms with E-state index in [0.717, 1.165) is 27.7 Å². The van der Waals surface area contributed by atoms with Crippen LogP contribution in [-0.4, -0.2) is 17.1 Å². The number of hydrogen-bond acceptors (Lipinski definition) is 2. The van der Waals surface area contributed by atoms with Gasteiger partial charge in [-0.25, -0.2) is 4.98 Å². The summed E-state index contributed by atoms with van der Waals surface area (Å²) in [6.07, 6.45) is 0.269. The highest BCUT2D eigenvalue weighted by molar-refractivity contribution is 6.06. The SMILES string of the molecule is [2H]c1ccc2c(n1)[nH]c1ccc(OC)cc12. The van der Waals surface area contributed by atoms with E-state index in [1.807, 2.05) is 24.3 Å². The maximum atomic E-state index is 7.47. The second kappa shape index (κ2) is 2.98. The first-order chi connectivity index (χ1) is 7.78. The molecule has 0 atom stereocenters. The maximum absolute atomic E-state index is 7.47. The van der Waals surface area contributed by atoms with Crippen LogP contribution in [0.3, 0.4) is 0 Å². The first-order valence-corrected chi connectivity index (χ1v) is 4.71. The van der Waals surface area contributed by atoms with Crippen molar-refractivity contribution in [3.8, 4) is 5.75 Å². The van der Waals surface area contributed by atoms with Crippen LogP contribution in [-0.2, 0) is 0 Å². The van der Waals surface area contributed by atoms with Crippen molar-refractivity contribution in [3.63, 3.8) is 0 Å². The molecule has 0 aliphatic carbocycles. The fraction of sp³-hybridized carbons (Fsp3) is 0.0833. The van der Waals surface area contributed by atoms with Gasteiger partial charge in [0.2, 0.25) is 0 Å². The lowest BCUT2D eigenvalue weighted by Gasteiger charge is -1.98. The third-order valence-corrected chi connectivity index (χ3v) is 2.53. The molecule has 3 aromatic rings. The van der Waals surface area contributed by atoms with Crippen LogP contribution in [0, 0.1) is 0 Å². The number of ether oxygens (including phenoxy) is 1. The number of H-pyrrole nitrogens is 1. The van der Waals surface area contributed by atoms with E-state index < -0.39 is 0 Å². The molecule has 3 heteroatoms. The highest BCUT2D eigenvalue weighted by Gasteiger charge is 2.04. The Morgan fingerprint density at radius 2 is 2.27 bits per heavy atom. The second-order valence-corrected chi connectivity index (χ2v) is 3.37. The summed E-state index contributed by atoms with van der Waals surface area (Å²) in [7, 11) is 1.65. The number of fused-ring (bicyclic) bond motifs is 3. The predicted molar refractivity (Wildman–Crippen MR) is 60.2 cm³/mol. The zero-order valence-electron chi connectivity index (χ0n) is 9.24. The molecule has 0 spiro atoms. The Labute approximate surface area is 88.1 Å². The second-order valence-electron chi connectivity index (χ2n) is 3.37. The van der Waals surface area contributed by atoms with E-state index in [1.165, 1.54) is 0 Å². The Kier molecular flexibility index (Phi) is 1.45. The summed E-state index contributed by atoms with van der Waals surface area (Å²) < 4.78 is 12.7. The largest absolute Gasteiger partial charge is 0.497 e. The molecule has 0 amide bonds. The van der Waals surface area contributed by atoms with Gasteiger partial charge >= 0.3 is 0 Å². The van der Waals surface area contributed by atoms with E-state index in [4.69, 9.17) is 6.11 Å². The fourth-order valence-electron chi connectivity index (χ4n) is 1.78. The van der Waals surface area contributed by atoms with Crippen LogP contribution in [0.15, 0.2) is 36.5 Å². The van der Waals surface area contributed by atoms with Crippen molar-refractivity contribution in [3.05, 3.63) is 36.5 Å². The molecule has 2 heterocycles. The Balaban J connectivity index is 2.42. The molecule has 0 unspecified atom stereocenters. The molecule has 0 saturated carbocycles. The van der Waals surface area contributed by atoms with Gasteiger partial charge < -0.3 is 9.72 Å². The van der Waals surface area contributed by atoms with Gasteiger partial charge in [0.15, 0.2) is 0 Å². The summed E-state index contributed by atoms with van der Waals surface area (Å²) in [6, 6.07) is 9.43. The number of hydrogen-bond donors (Lipinski definition) is 1. The minimum atomic E-state index is 0.269. The molecule has 1 N–H and O–H groups in total. The highest BCUT2D eigenvalue weighted by atomic mass is 16.5. The zero-order chi connectivity index (χ0) is 11.1. The van der Waals surface area contributed by atoms with Gasteiger partial charge in [-0.05, 0) is 30.3 Å². The topological polar surface area (TPSA) is 37.9 Å². The number of aromatic nitrogens is 2. The Morgan fingerprint density at radius 1 is 1.33 bits per heavy atom. The number of pyridine rings is 1. The van der Waals surface area contributed by atoms with Crippen LogP contribution in [0.2, 0.25) is 0 Å². The van der Waals surface area contributed by atoms with E-state index in [0.29, 0.717) is 0 Å². The number of rotatable bonds is 1. The number of benzene rings is 1. The van der Waals surface area contributed by atoms with Gasteiger partial charge in [0.05, 0.1) is 8.48 Å². The Hall–Kier alpha value is -2.03. The predicted octanol–water partition coefficient (Wildman–Crippen LogP) is 2.72. The molecular formula is C12H10N2O. The molecule has 0 fully saturated rings. The monoisotopic (exact) mass is 199 g/mol. The van der Waals surface area contributed by atoms with Crippen molar-refractivity contribution in [1.29, 1.82) is 0 Å². The van der Waals surface area contributed by atoms with Crippen molar-refractivity contribution < 1.29 is 6.11 Å². The first-order valence-electron chi connectivity index (χ1n) is 5.21. The highest BCUT2D eigenvalue weighted by Crippen LogP contribution is 2.27. The van der Waals surface area contributed by atoms with Crippen LogP contribution in [0.5, 0.6) is 5.75 Å². The number of nitrogens with one attached hydrogen (secondary N) is 1. The lowest BCUT2D eigenvalue weighted by Crippen LogP contribution is -1.80. The van der Waals surface area contributed by atoms with E-state index >= 15 is 0 Å². The molecular weight excluding hydrogens is 188 g/mol. The minimum Gasteiger partial charge on any atom is -0.497 e. The van der Waals surface area contributed by atoms with Crippen molar-refractivity contribution in [1.82, 2.24) is 9.97 Å². The van der Waals surface area contributed by atoms with Gasteiger partial charge in [-0.3, -0.25) is 0 Å². The maximum Gasteiger partial charge on any atom is 0.138 e. The van der Waals surface area contributed by atoms with E-state index in [-0.39, 0.29) is 6.17 Å². The van der Waals surface area contributed by atoms with Gasteiger partial charge in [0.1, 0.15) is 11.4 Å². The van der Waals surface area contributed by atoms with Gasteiger partial charge in [-0.2, -0.15) is 0 Å². The number of methoxy groups -OCH3 is 1. The van der Waals surface area contributed by atoms with Crippen molar-refractivity contribution in [2.24, 2.45) is 0 Å². The molecule has 0 bridgehead atoms. The van der Waals surface area contributed by atoms with Gasteiger partial charge in [-0.1, -0.05) is 0 Å². The summed E-state index contributed by atoms with van der Waals surface area (Å²) in [6.45, 7) is 0. The van der Waals surface area contributed by atoms with Crippen molar-refractivity contribution in [2.75, 3.05) is 7.11 Å². The minimum absolute atomic E-state index is 0.269. The van der Waals surface area contributed by atoms with Crippen molar-refractivity contribution in [2.45, 2.75) is 0 Å². The molecule has 0 radical (unpaired) electrons. The molecule has 3 nitrogen and oxygen atoms in total. The average Bonchev–Trinajstić information content (AvgIpc) is 2.65. The van der Waals surface area contributed by atoms with Crippen molar-refractivity contribution >= 4 is 21.9 Å². The van der Waals surface area contributed by atoms with E-state index in [2.05, 4.69) is 9.97 Å². The molecule has 0 aliphatic rings. The fourth-order valence-corrected chi connectivity index (χ4v) is 1.78. The van der Waals surface area contributed by atoms with E-state index in [1.54, 1.807) is 13.2 Å². The standard InChI is InChI=1S/C12H10N2O/c1-15-8-4-5-11-10(7-8)9-3-2-6-13-12(9)14-11/h2-7H,1H3,(H,13,14)/i6D. The van der Waals surface area contributed by atoms with Crippen LogP contribution >= 0.6 is 0 Å². The summed E-state index contributed by atoms with van der Waals surface area (Å²) in [5.41, 5.74) is 1.75. The molecule has 1 aromatic carbocycles. The lowest BCUT2D eigenvalue weighted by atomic mass is 10.2. The first kappa shape index (κ1) is 7.29. The average molecular weight is 199 g/mol. The van der Waals surface area contributed by atoms with Crippen LogP contribution < -0.4 is 4.74 Å². The quantitative estimate of drug-likeness (QED) is 0.654. The third-order valence-electron chi connectivity index (χ3n) is 2.53. The molecule has 15 heavy (non-hydrogen) atoms. The summed E-state index contributed by atoms with van der Waals surface area (Å²) in [5, 5.41) is 2.09. The molecule has 74 valence electrons. The van der Waals surface area contributed by atoms with Crippen LogP contribution in [0.1, 0.15) is 1.37 Å². The zero-order valence-corrected chi connectivity index (χ0v) is 8.24. The molecule has 3 rings (SSSR count). The summed E-state index contributed by atoms with van der Waals surface area (Å²) in [4.78, 5) is 7.32.